The van der Waals surface area contributed by atoms with Crippen LogP contribution in [-0.2, 0) is 11.3 Å². The molecule has 4 aromatic rings. The quantitative estimate of drug-likeness (QED) is 0.310. The van der Waals surface area contributed by atoms with Crippen LogP contribution in [0.5, 0.6) is 0 Å². The highest BCUT2D eigenvalue weighted by atomic mass is 32.2. The van der Waals surface area contributed by atoms with Gasteiger partial charge in [0.05, 0.1) is 28.8 Å². The van der Waals surface area contributed by atoms with E-state index in [0.29, 0.717) is 34.4 Å². The topological polar surface area (TPSA) is 83.0 Å². The number of ether oxygens (including phenoxy) is 1. The lowest BCUT2D eigenvalue weighted by molar-refractivity contribution is 0.0937. The van der Waals surface area contributed by atoms with Gasteiger partial charge in [-0.05, 0) is 51.0 Å². The molecule has 3 heterocycles. The Labute approximate surface area is 189 Å². The molecule has 0 bridgehead atoms. The number of fused-ring (bicyclic) bond motifs is 1. The fraction of sp³-hybridized carbons (Fsp3) is 0.333. The molecule has 0 saturated carbocycles. The molecule has 1 fully saturated rings. The van der Waals surface area contributed by atoms with Gasteiger partial charge in [0.2, 0.25) is 11.8 Å². The molecule has 0 amide bonds. The third-order valence-electron chi connectivity index (χ3n) is 5.61. The first-order chi connectivity index (χ1) is 15.6. The van der Waals surface area contributed by atoms with Crippen molar-refractivity contribution in [3.63, 3.8) is 0 Å². The van der Waals surface area contributed by atoms with Crippen molar-refractivity contribution >= 4 is 22.7 Å². The third kappa shape index (κ3) is 4.20. The summed E-state index contributed by atoms with van der Waals surface area (Å²) in [6.45, 7) is 5.25. The van der Waals surface area contributed by atoms with Crippen molar-refractivity contribution < 1.29 is 9.15 Å². The number of para-hydroxylation sites is 1. The first kappa shape index (κ1) is 20.9. The van der Waals surface area contributed by atoms with Gasteiger partial charge >= 0.3 is 0 Å². The van der Waals surface area contributed by atoms with E-state index in [9.17, 15) is 4.79 Å². The van der Waals surface area contributed by atoms with Crippen molar-refractivity contribution in [2.75, 3.05) is 6.61 Å². The first-order valence-corrected chi connectivity index (χ1v) is 11.6. The minimum Gasteiger partial charge on any atom is -0.419 e. The van der Waals surface area contributed by atoms with E-state index >= 15 is 0 Å². The molecule has 7 nitrogen and oxygen atoms in total. The van der Waals surface area contributed by atoms with Crippen LogP contribution >= 0.6 is 11.8 Å². The zero-order valence-electron chi connectivity index (χ0n) is 18.0. The highest BCUT2D eigenvalue weighted by Crippen LogP contribution is 2.34. The summed E-state index contributed by atoms with van der Waals surface area (Å²) in [6, 6.07) is 15.4. The van der Waals surface area contributed by atoms with E-state index in [2.05, 4.69) is 10.2 Å². The Morgan fingerprint density at radius 2 is 1.97 bits per heavy atom. The molecule has 0 N–H and O–H groups in total. The first-order valence-electron chi connectivity index (χ1n) is 10.8. The zero-order valence-corrected chi connectivity index (χ0v) is 18.8. The lowest BCUT2D eigenvalue weighted by Gasteiger charge is -2.17. The predicted octanol–water partition coefficient (Wildman–Crippen LogP) is 4.79. The number of rotatable bonds is 6. The number of benzene rings is 2. The van der Waals surface area contributed by atoms with Crippen molar-refractivity contribution in [2.24, 2.45) is 0 Å². The standard InChI is InChI=1S/C24H24N4O3S/c1-15-9-11-17(12-10-15)22-27-26-21(31-22)16(2)32-24-25-20-8-4-3-7-19(20)23(29)28(24)14-18-6-5-13-30-18/h3-4,7-12,16,18H,5-6,13-14H2,1-2H3. The van der Waals surface area contributed by atoms with E-state index in [0.717, 1.165) is 25.0 Å². The summed E-state index contributed by atoms with van der Waals surface area (Å²) < 4.78 is 13.5. The largest absolute Gasteiger partial charge is 0.419 e. The minimum atomic E-state index is -0.175. The second-order valence-electron chi connectivity index (χ2n) is 8.03. The van der Waals surface area contributed by atoms with Gasteiger partial charge < -0.3 is 9.15 Å². The normalized spacial score (nSPS) is 17.1. The minimum absolute atomic E-state index is 0.0295. The van der Waals surface area contributed by atoms with E-state index in [1.165, 1.54) is 17.3 Å². The Balaban J connectivity index is 1.46. The Hall–Kier alpha value is -2.97. The maximum atomic E-state index is 13.3. The van der Waals surface area contributed by atoms with Crippen molar-refractivity contribution in [3.05, 3.63) is 70.3 Å². The van der Waals surface area contributed by atoms with Crippen LogP contribution < -0.4 is 5.56 Å². The molecule has 1 saturated heterocycles. The van der Waals surface area contributed by atoms with Crippen molar-refractivity contribution in [1.29, 1.82) is 0 Å². The average molecular weight is 449 g/mol. The van der Waals surface area contributed by atoms with Crippen LogP contribution in [-0.4, -0.2) is 32.5 Å². The Morgan fingerprint density at radius 3 is 2.75 bits per heavy atom. The average Bonchev–Trinajstić information content (AvgIpc) is 3.49. The van der Waals surface area contributed by atoms with Crippen LogP contribution in [0, 0.1) is 6.92 Å². The molecule has 5 rings (SSSR count). The summed E-state index contributed by atoms with van der Waals surface area (Å²) in [5.74, 6) is 0.979. The molecule has 0 aliphatic carbocycles. The molecular formula is C24H24N4O3S. The summed E-state index contributed by atoms with van der Waals surface area (Å²) >= 11 is 1.45. The molecule has 2 aromatic carbocycles. The number of aryl methyl sites for hydroxylation is 1. The van der Waals surface area contributed by atoms with Gasteiger partial charge in [-0.2, -0.15) is 0 Å². The van der Waals surface area contributed by atoms with E-state index in [1.54, 1.807) is 4.57 Å². The Kier molecular flexibility index (Phi) is 5.80. The zero-order chi connectivity index (χ0) is 22.1. The molecule has 164 valence electrons. The van der Waals surface area contributed by atoms with E-state index < -0.39 is 0 Å². The van der Waals surface area contributed by atoms with Gasteiger partial charge in [-0.1, -0.05) is 41.6 Å². The van der Waals surface area contributed by atoms with E-state index in [-0.39, 0.29) is 16.9 Å². The van der Waals surface area contributed by atoms with Crippen LogP contribution in [0.15, 0.2) is 62.9 Å². The highest BCUT2D eigenvalue weighted by Gasteiger charge is 2.23. The molecule has 2 atom stereocenters. The molecular weight excluding hydrogens is 424 g/mol. The van der Waals surface area contributed by atoms with Crippen LogP contribution in [0.2, 0.25) is 0 Å². The summed E-state index contributed by atoms with van der Waals surface area (Å²) in [6.07, 6.45) is 1.99. The SMILES string of the molecule is Cc1ccc(-c2nnc(C(C)Sc3nc4ccccc4c(=O)n3CC3CCCO3)o2)cc1. The summed E-state index contributed by atoms with van der Waals surface area (Å²) in [5.41, 5.74) is 2.68. The molecule has 0 spiro atoms. The van der Waals surface area contributed by atoms with Gasteiger partial charge in [-0.25, -0.2) is 4.98 Å². The third-order valence-corrected chi connectivity index (χ3v) is 6.68. The van der Waals surface area contributed by atoms with Crippen molar-refractivity contribution in [1.82, 2.24) is 19.7 Å². The fourth-order valence-corrected chi connectivity index (χ4v) is 4.76. The number of hydrogen-bond acceptors (Lipinski definition) is 7. The number of aromatic nitrogens is 4. The van der Waals surface area contributed by atoms with Crippen LogP contribution in [0.25, 0.3) is 22.4 Å². The number of hydrogen-bond donors (Lipinski definition) is 0. The Morgan fingerprint density at radius 1 is 1.16 bits per heavy atom. The lowest BCUT2D eigenvalue weighted by Crippen LogP contribution is -2.29. The van der Waals surface area contributed by atoms with Gasteiger partial charge in [0.25, 0.3) is 5.56 Å². The second-order valence-corrected chi connectivity index (χ2v) is 9.34. The number of thioether (sulfide) groups is 1. The monoisotopic (exact) mass is 448 g/mol. The maximum absolute atomic E-state index is 13.3. The van der Waals surface area contributed by atoms with Crippen molar-refractivity contribution in [2.45, 2.75) is 49.7 Å². The highest BCUT2D eigenvalue weighted by molar-refractivity contribution is 7.99. The lowest BCUT2D eigenvalue weighted by atomic mass is 10.1. The van der Waals surface area contributed by atoms with Crippen LogP contribution in [0.3, 0.4) is 0 Å². The van der Waals surface area contributed by atoms with Gasteiger partial charge in [0, 0.05) is 12.2 Å². The van der Waals surface area contributed by atoms with Crippen LogP contribution in [0.4, 0.5) is 0 Å². The maximum Gasteiger partial charge on any atom is 0.262 e. The van der Waals surface area contributed by atoms with Crippen LogP contribution in [0.1, 0.15) is 36.5 Å². The number of nitrogens with zero attached hydrogens (tertiary/aromatic N) is 4. The van der Waals surface area contributed by atoms with Crippen molar-refractivity contribution in [3.8, 4) is 11.5 Å². The molecule has 2 aromatic heterocycles. The molecule has 1 aliphatic heterocycles. The predicted molar refractivity (Wildman–Crippen MR) is 124 cm³/mol. The van der Waals surface area contributed by atoms with E-state index in [1.807, 2.05) is 62.4 Å². The molecule has 2 unspecified atom stereocenters. The Bertz CT molecular complexity index is 1290. The summed E-state index contributed by atoms with van der Waals surface area (Å²) in [7, 11) is 0. The van der Waals surface area contributed by atoms with Gasteiger partial charge in [0.1, 0.15) is 0 Å². The summed E-state index contributed by atoms with van der Waals surface area (Å²) in [5, 5.41) is 9.53. The fourth-order valence-electron chi connectivity index (χ4n) is 3.81. The molecule has 8 heteroatoms. The second kappa shape index (κ2) is 8.88. The van der Waals surface area contributed by atoms with Gasteiger partial charge in [0.15, 0.2) is 5.16 Å². The smallest absolute Gasteiger partial charge is 0.262 e. The van der Waals surface area contributed by atoms with Gasteiger partial charge in [-0.3, -0.25) is 9.36 Å². The van der Waals surface area contributed by atoms with E-state index in [4.69, 9.17) is 14.1 Å². The summed E-state index contributed by atoms with van der Waals surface area (Å²) in [4.78, 5) is 18.1. The van der Waals surface area contributed by atoms with Gasteiger partial charge in [-0.15, -0.1) is 10.2 Å². The molecule has 1 aliphatic rings. The molecule has 32 heavy (non-hydrogen) atoms. The molecule has 0 radical (unpaired) electrons.